The van der Waals surface area contributed by atoms with E-state index in [0.29, 0.717) is 13.1 Å². The first-order valence-electron chi connectivity index (χ1n) is 6.87. The Morgan fingerprint density at radius 2 is 1.76 bits per heavy atom. The number of hydrogen-bond donors (Lipinski definition) is 0. The number of amides is 1. The van der Waals surface area contributed by atoms with Gasteiger partial charge in [0.25, 0.3) is 10.1 Å². The largest absolute Gasteiger partial charge is 0.421 e. The van der Waals surface area contributed by atoms with E-state index in [4.69, 9.17) is 8.92 Å². The molecule has 0 unspecified atom stereocenters. The highest BCUT2D eigenvalue weighted by atomic mass is 32.2. The number of carbonyl (C=O) groups excluding carboxylic acids is 1. The van der Waals surface area contributed by atoms with E-state index in [2.05, 4.69) is 0 Å². The molecule has 1 aliphatic heterocycles. The SMILES string of the molecule is Cc1ccc(S(=O)(=O)OCOC(=O)N2CCCCC2)cc1. The van der Waals surface area contributed by atoms with Crippen molar-refractivity contribution in [2.75, 3.05) is 19.9 Å². The molecule has 0 aliphatic carbocycles. The average molecular weight is 313 g/mol. The van der Waals surface area contributed by atoms with Crippen LogP contribution in [0.1, 0.15) is 24.8 Å². The maximum atomic E-state index is 11.9. The van der Waals surface area contributed by atoms with Gasteiger partial charge in [-0.2, -0.15) is 8.42 Å². The van der Waals surface area contributed by atoms with Crippen LogP contribution in [0.15, 0.2) is 29.2 Å². The summed E-state index contributed by atoms with van der Waals surface area (Å²) in [4.78, 5) is 13.3. The van der Waals surface area contributed by atoms with Gasteiger partial charge >= 0.3 is 6.09 Å². The van der Waals surface area contributed by atoms with Crippen molar-refractivity contribution in [3.8, 4) is 0 Å². The topological polar surface area (TPSA) is 72.9 Å². The van der Waals surface area contributed by atoms with Gasteiger partial charge in [0.1, 0.15) is 0 Å². The van der Waals surface area contributed by atoms with Crippen molar-refractivity contribution in [3.05, 3.63) is 29.8 Å². The highest BCUT2D eigenvalue weighted by molar-refractivity contribution is 7.86. The van der Waals surface area contributed by atoms with Crippen molar-refractivity contribution in [2.45, 2.75) is 31.1 Å². The normalized spacial score (nSPS) is 15.8. The van der Waals surface area contributed by atoms with Crippen molar-refractivity contribution < 1.29 is 22.1 Å². The lowest BCUT2D eigenvalue weighted by Gasteiger charge is -2.25. The number of carbonyl (C=O) groups is 1. The summed E-state index contributed by atoms with van der Waals surface area (Å²) in [6.07, 6.45) is 2.45. The number of piperidine rings is 1. The number of aryl methyl sites for hydroxylation is 1. The summed E-state index contributed by atoms with van der Waals surface area (Å²) in [5.74, 6) is 0. The molecule has 1 aliphatic rings. The lowest BCUT2D eigenvalue weighted by Crippen LogP contribution is -2.36. The molecule has 21 heavy (non-hydrogen) atoms. The molecule has 0 aromatic heterocycles. The van der Waals surface area contributed by atoms with E-state index in [0.717, 1.165) is 24.8 Å². The second-order valence-corrected chi connectivity index (χ2v) is 6.58. The summed E-state index contributed by atoms with van der Waals surface area (Å²) in [5.41, 5.74) is 0.950. The third-order valence-corrected chi connectivity index (χ3v) is 4.57. The standard InChI is InChI=1S/C14H19NO5S/c1-12-5-7-13(8-6-12)21(17,18)20-11-19-14(16)15-9-3-2-4-10-15/h5-8H,2-4,9-11H2,1H3. The van der Waals surface area contributed by atoms with Gasteiger partial charge < -0.3 is 9.64 Å². The van der Waals surface area contributed by atoms with Crippen LogP contribution in [0.25, 0.3) is 0 Å². The Kier molecular flexibility index (Phi) is 5.19. The van der Waals surface area contributed by atoms with E-state index in [1.165, 1.54) is 12.1 Å². The molecule has 1 fully saturated rings. The highest BCUT2D eigenvalue weighted by Gasteiger charge is 2.20. The predicted octanol–water partition coefficient (Wildman–Crippen LogP) is 2.28. The zero-order valence-electron chi connectivity index (χ0n) is 11.9. The van der Waals surface area contributed by atoms with Crippen LogP contribution < -0.4 is 0 Å². The molecule has 6 nitrogen and oxygen atoms in total. The van der Waals surface area contributed by atoms with Crippen molar-refractivity contribution in [2.24, 2.45) is 0 Å². The molecule has 0 radical (unpaired) electrons. The predicted molar refractivity (Wildman–Crippen MR) is 76.2 cm³/mol. The minimum absolute atomic E-state index is 0.0436. The summed E-state index contributed by atoms with van der Waals surface area (Å²) < 4.78 is 33.3. The van der Waals surface area contributed by atoms with Crippen molar-refractivity contribution in [1.29, 1.82) is 0 Å². The Labute approximate surface area is 124 Å². The highest BCUT2D eigenvalue weighted by Crippen LogP contribution is 2.14. The Morgan fingerprint density at radius 3 is 2.38 bits per heavy atom. The summed E-state index contributed by atoms with van der Waals surface area (Å²) >= 11 is 0. The third kappa shape index (κ3) is 4.44. The molecule has 116 valence electrons. The Balaban J connectivity index is 1.84. The lowest BCUT2D eigenvalue weighted by molar-refractivity contribution is 0.0349. The van der Waals surface area contributed by atoms with Crippen LogP contribution in [0.3, 0.4) is 0 Å². The second-order valence-electron chi connectivity index (χ2n) is 4.96. The maximum absolute atomic E-state index is 11.9. The van der Waals surface area contributed by atoms with Crippen molar-refractivity contribution in [1.82, 2.24) is 4.90 Å². The number of nitrogens with zero attached hydrogens (tertiary/aromatic N) is 1. The van der Waals surface area contributed by atoms with Gasteiger partial charge in [0.2, 0.25) is 6.79 Å². The quantitative estimate of drug-likeness (QED) is 0.630. The Bertz CT molecular complexity index is 576. The number of hydrogen-bond acceptors (Lipinski definition) is 5. The molecule has 0 atom stereocenters. The molecule has 2 rings (SSSR count). The second kappa shape index (κ2) is 6.91. The van der Waals surface area contributed by atoms with Crippen molar-refractivity contribution in [3.63, 3.8) is 0 Å². The zero-order valence-corrected chi connectivity index (χ0v) is 12.8. The smallest absolute Gasteiger partial charge is 0.411 e. The average Bonchev–Trinajstić information content (AvgIpc) is 2.48. The van der Waals surface area contributed by atoms with Gasteiger partial charge in [-0.3, -0.25) is 0 Å². The number of rotatable bonds is 4. The van der Waals surface area contributed by atoms with E-state index >= 15 is 0 Å². The van der Waals surface area contributed by atoms with Crippen LogP contribution in [-0.2, 0) is 19.0 Å². The van der Waals surface area contributed by atoms with Crippen LogP contribution in [0.4, 0.5) is 4.79 Å². The van der Waals surface area contributed by atoms with Gasteiger partial charge in [0.05, 0.1) is 4.90 Å². The number of ether oxygens (including phenoxy) is 1. The molecule has 0 saturated carbocycles. The molecule has 0 spiro atoms. The number of likely N-dealkylation sites (tertiary alicyclic amines) is 1. The van der Waals surface area contributed by atoms with E-state index < -0.39 is 23.0 Å². The first-order valence-corrected chi connectivity index (χ1v) is 8.28. The van der Waals surface area contributed by atoms with E-state index in [-0.39, 0.29) is 4.90 Å². The fraction of sp³-hybridized carbons (Fsp3) is 0.500. The summed E-state index contributed by atoms with van der Waals surface area (Å²) in [5, 5.41) is 0. The summed E-state index contributed by atoms with van der Waals surface area (Å²) in [7, 11) is -3.90. The first-order chi connectivity index (χ1) is 9.99. The molecule has 1 saturated heterocycles. The van der Waals surface area contributed by atoms with Crippen LogP contribution in [0.2, 0.25) is 0 Å². The Hall–Kier alpha value is -1.60. The van der Waals surface area contributed by atoms with Gasteiger partial charge in [-0.25, -0.2) is 8.98 Å². The molecular weight excluding hydrogens is 294 g/mol. The first kappa shape index (κ1) is 15.8. The van der Waals surface area contributed by atoms with Crippen LogP contribution in [0, 0.1) is 6.92 Å². The molecular formula is C14H19NO5S. The minimum atomic E-state index is -3.90. The van der Waals surface area contributed by atoms with Gasteiger partial charge in [0, 0.05) is 13.1 Å². The molecule has 7 heteroatoms. The fourth-order valence-corrected chi connectivity index (χ4v) is 2.86. The van der Waals surface area contributed by atoms with E-state index in [1.807, 2.05) is 6.92 Å². The van der Waals surface area contributed by atoms with Gasteiger partial charge in [-0.15, -0.1) is 0 Å². The van der Waals surface area contributed by atoms with Crippen molar-refractivity contribution >= 4 is 16.2 Å². The molecule has 1 heterocycles. The van der Waals surface area contributed by atoms with Crippen LogP contribution in [-0.4, -0.2) is 39.3 Å². The molecule has 1 amide bonds. The van der Waals surface area contributed by atoms with Gasteiger partial charge in [-0.05, 0) is 38.3 Å². The summed E-state index contributed by atoms with van der Waals surface area (Å²) in [6, 6.07) is 6.26. The monoisotopic (exact) mass is 313 g/mol. The molecule has 1 aromatic carbocycles. The van der Waals surface area contributed by atoms with E-state index in [9.17, 15) is 13.2 Å². The minimum Gasteiger partial charge on any atom is -0.421 e. The summed E-state index contributed by atoms with van der Waals surface area (Å²) in [6.45, 7) is 2.54. The van der Waals surface area contributed by atoms with E-state index in [1.54, 1.807) is 17.0 Å². The van der Waals surface area contributed by atoms with Crippen LogP contribution >= 0.6 is 0 Å². The fourth-order valence-electron chi connectivity index (χ4n) is 2.08. The molecule has 0 bridgehead atoms. The van der Waals surface area contributed by atoms with Gasteiger partial charge in [0.15, 0.2) is 0 Å². The molecule has 1 aromatic rings. The van der Waals surface area contributed by atoms with Crippen LogP contribution in [0.5, 0.6) is 0 Å². The zero-order chi connectivity index (χ0) is 15.3. The molecule has 0 N–H and O–H groups in total. The maximum Gasteiger partial charge on any atom is 0.411 e. The number of benzene rings is 1. The third-order valence-electron chi connectivity index (χ3n) is 3.31. The Morgan fingerprint density at radius 1 is 1.14 bits per heavy atom. The lowest BCUT2D eigenvalue weighted by atomic mass is 10.1. The van der Waals surface area contributed by atoms with Gasteiger partial charge in [-0.1, -0.05) is 17.7 Å².